The minimum atomic E-state index is 0.851. The summed E-state index contributed by atoms with van der Waals surface area (Å²) in [5, 5.41) is 7.12. The van der Waals surface area contributed by atoms with Crippen LogP contribution in [-0.4, -0.2) is 0 Å². The Morgan fingerprint density at radius 1 is 0.297 bits per heavy atom. The molecule has 0 atom stereocenters. The zero-order valence-electron chi connectivity index (χ0n) is 34.5. The highest BCUT2D eigenvalue weighted by Crippen LogP contribution is 2.54. The molecule has 0 amide bonds. The van der Waals surface area contributed by atoms with E-state index in [-0.39, 0.29) is 0 Å². The third kappa shape index (κ3) is 5.99. The van der Waals surface area contributed by atoms with Crippen molar-refractivity contribution in [1.29, 1.82) is 0 Å². The second-order valence-electron chi connectivity index (χ2n) is 16.4. The normalized spacial score (nSPS) is 11.8. The van der Waals surface area contributed by atoms with Crippen LogP contribution in [0.3, 0.4) is 0 Å². The second-order valence-corrected chi connectivity index (χ2v) is 18.5. The Balaban J connectivity index is 1.18. The van der Waals surface area contributed by atoms with E-state index in [2.05, 4.69) is 229 Å². The number of nitrogens with zero attached hydrogens (tertiary/aromatic N) is 1. The van der Waals surface area contributed by atoms with E-state index in [0.717, 1.165) is 61.3 Å². The number of anilines is 3. The van der Waals surface area contributed by atoms with Crippen LogP contribution in [0.2, 0.25) is 0 Å². The monoisotopic (exact) mass is 851 g/mol. The fourth-order valence-electron chi connectivity index (χ4n) is 9.70. The maximum Gasteiger partial charge on any atom is 0.138 e. The lowest BCUT2D eigenvalue weighted by Gasteiger charge is -2.29. The van der Waals surface area contributed by atoms with Crippen LogP contribution >= 0.6 is 22.7 Å². The highest BCUT2D eigenvalue weighted by Gasteiger charge is 2.27. The molecule has 2 nitrogen and oxygen atoms in total. The van der Waals surface area contributed by atoms with Crippen molar-refractivity contribution in [2.24, 2.45) is 0 Å². The summed E-state index contributed by atoms with van der Waals surface area (Å²) in [4.78, 5) is 2.56. The molecule has 4 heteroatoms. The summed E-state index contributed by atoms with van der Waals surface area (Å²) >= 11 is 3.74. The zero-order chi connectivity index (χ0) is 42.1. The van der Waals surface area contributed by atoms with E-state index in [1.54, 1.807) is 0 Å². The molecule has 0 aliphatic carbocycles. The van der Waals surface area contributed by atoms with Crippen LogP contribution in [0.5, 0.6) is 0 Å². The zero-order valence-corrected chi connectivity index (χ0v) is 36.2. The highest BCUT2D eigenvalue weighted by atomic mass is 32.1. The van der Waals surface area contributed by atoms with E-state index in [4.69, 9.17) is 4.42 Å². The van der Waals surface area contributed by atoms with Crippen molar-refractivity contribution in [3.63, 3.8) is 0 Å². The molecule has 0 aliphatic rings. The number of hydrogen-bond acceptors (Lipinski definition) is 4. The molecule has 13 rings (SSSR count). The average molecular weight is 852 g/mol. The molecule has 0 N–H and O–H groups in total. The predicted octanol–water partition coefficient (Wildman–Crippen LogP) is 18.5. The van der Waals surface area contributed by atoms with Gasteiger partial charge < -0.3 is 9.32 Å². The number of rotatable bonds is 7. The maximum absolute atomic E-state index is 7.03. The molecule has 0 bridgehead atoms. The molecule has 0 saturated carbocycles. The van der Waals surface area contributed by atoms with E-state index in [0.29, 0.717) is 0 Å². The first-order valence-electron chi connectivity index (χ1n) is 21.7. The Labute approximate surface area is 378 Å². The standard InChI is InChI=1S/C60H37NOS2/c1-5-16-38(17-6-1)42-28-30-46-52(35-42)62-53-36-44(40-20-9-3-10-21-40)34-51(57(46)53)61(49-25-15-27-55-58(49)47-24-13-14-26-54(47)63-55)50-33-32-45(41-22-11-4-12-23-41)60-59(50)48-31-29-43(37-56(48)64-60)39-18-7-2-8-19-39/h1-37H. The summed E-state index contributed by atoms with van der Waals surface area (Å²) in [6.07, 6.45) is 0. The molecule has 0 saturated heterocycles. The summed E-state index contributed by atoms with van der Waals surface area (Å²) in [7, 11) is 0. The highest BCUT2D eigenvalue weighted by molar-refractivity contribution is 7.26. The van der Waals surface area contributed by atoms with Gasteiger partial charge in [-0.05, 0) is 99.1 Å². The number of hydrogen-bond donors (Lipinski definition) is 0. The number of benzene rings is 10. The number of fused-ring (bicyclic) bond motifs is 9. The quantitative estimate of drug-likeness (QED) is 0.159. The number of thiophene rings is 2. The van der Waals surface area contributed by atoms with Gasteiger partial charge in [0.05, 0.1) is 22.4 Å². The summed E-state index contributed by atoms with van der Waals surface area (Å²) in [5.41, 5.74) is 14.4. The minimum Gasteiger partial charge on any atom is -0.456 e. The Kier molecular flexibility index (Phi) is 8.61. The molecule has 0 radical (unpaired) electrons. The lowest BCUT2D eigenvalue weighted by molar-refractivity contribution is 0.669. The molecule has 0 aliphatic heterocycles. The lowest BCUT2D eigenvalue weighted by Crippen LogP contribution is -2.11. The van der Waals surface area contributed by atoms with Gasteiger partial charge in [-0.3, -0.25) is 0 Å². The van der Waals surface area contributed by atoms with Crippen molar-refractivity contribution in [3.8, 4) is 44.5 Å². The molecular formula is C60H37NOS2. The van der Waals surface area contributed by atoms with Crippen molar-refractivity contribution < 1.29 is 4.42 Å². The molecular weight excluding hydrogens is 815 g/mol. The third-order valence-electron chi connectivity index (χ3n) is 12.7. The fourth-order valence-corrected chi connectivity index (χ4v) is 12.1. The molecule has 3 aromatic heterocycles. The van der Waals surface area contributed by atoms with Crippen LogP contribution in [0.4, 0.5) is 17.1 Å². The van der Waals surface area contributed by atoms with Gasteiger partial charge >= 0.3 is 0 Å². The molecule has 3 heterocycles. The van der Waals surface area contributed by atoms with Crippen LogP contribution in [0.25, 0.3) is 107 Å². The molecule has 300 valence electrons. The Morgan fingerprint density at radius 3 is 1.58 bits per heavy atom. The first-order chi connectivity index (χ1) is 31.7. The van der Waals surface area contributed by atoms with E-state index in [9.17, 15) is 0 Å². The van der Waals surface area contributed by atoms with Gasteiger partial charge in [-0.15, -0.1) is 22.7 Å². The summed E-state index contributed by atoms with van der Waals surface area (Å²) < 4.78 is 12.1. The predicted molar refractivity (Wildman–Crippen MR) is 276 cm³/mol. The van der Waals surface area contributed by atoms with Gasteiger partial charge in [0.25, 0.3) is 0 Å². The molecule has 10 aromatic carbocycles. The summed E-state index contributed by atoms with van der Waals surface area (Å²) in [5.74, 6) is 0. The maximum atomic E-state index is 7.03. The van der Waals surface area contributed by atoms with Gasteiger partial charge in [-0.25, -0.2) is 0 Å². The van der Waals surface area contributed by atoms with Gasteiger partial charge in [0.2, 0.25) is 0 Å². The first-order valence-corrected chi connectivity index (χ1v) is 23.3. The van der Waals surface area contributed by atoms with Crippen LogP contribution in [0.15, 0.2) is 229 Å². The Morgan fingerprint density at radius 2 is 0.859 bits per heavy atom. The van der Waals surface area contributed by atoms with Gasteiger partial charge in [-0.2, -0.15) is 0 Å². The van der Waals surface area contributed by atoms with Crippen molar-refractivity contribution in [2.75, 3.05) is 4.90 Å². The van der Waals surface area contributed by atoms with Crippen molar-refractivity contribution >= 4 is 102 Å². The van der Waals surface area contributed by atoms with E-state index in [1.807, 2.05) is 22.7 Å². The average Bonchev–Trinajstić information content (AvgIpc) is 4.06. The smallest absolute Gasteiger partial charge is 0.138 e. The van der Waals surface area contributed by atoms with Gasteiger partial charge in [0.15, 0.2) is 0 Å². The Hall–Kier alpha value is -7.76. The van der Waals surface area contributed by atoms with Crippen molar-refractivity contribution in [3.05, 3.63) is 224 Å². The van der Waals surface area contributed by atoms with E-state index >= 15 is 0 Å². The topological polar surface area (TPSA) is 16.4 Å². The minimum absolute atomic E-state index is 0.851. The summed E-state index contributed by atoms with van der Waals surface area (Å²) in [6.45, 7) is 0. The number of furan rings is 1. The molecule has 0 fully saturated rings. The van der Waals surface area contributed by atoms with Gasteiger partial charge in [-0.1, -0.05) is 170 Å². The second kappa shape index (κ2) is 15.0. The third-order valence-corrected chi connectivity index (χ3v) is 15.0. The van der Waals surface area contributed by atoms with Gasteiger partial charge in [0.1, 0.15) is 11.2 Å². The molecule has 64 heavy (non-hydrogen) atoms. The van der Waals surface area contributed by atoms with Crippen LogP contribution in [0, 0.1) is 0 Å². The summed E-state index contributed by atoms with van der Waals surface area (Å²) in [6, 6.07) is 81.6. The van der Waals surface area contributed by atoms with Crippen LogP contribution < -0.4 is 4.90 Å². The van der Waals surface area contributed by atoms with E-state index < -0.39 is 0 Å². The van der Waals surface area contributed by atoms with Crippen LogP contribution in [-0.2, 0) is 0 Å². The van der Waals surface area contributed by atoms with Gasteiger partial charge in [0, 0.05) is 45.7 Å². The molecule has 13 aromatic rings. The molecule has 0 spiro atoms. The van der Waals surface area contributed by atoms with Crippen molar-refractivity contribution in [2.45, 2.75) is 0 Å². The molecule has 0 unspecified atom stereocenters. The van der Waals surface area contributed by atoms with E-state index in [1.165, 1.54) is 62.6 Å². The fraction of sp³-hybridized carbons (Fsp3) is 0. The van der Waals surface area contributed by atoms with Crippen LogP contribution in [0.1, 0.15) is 0 Å². The first kappa shape index (κ1) is 36.9. The Bertz CT molecular complexity index is 3890. The largest absolute Gasteiger partial charge is 0.456 e. The lowest BCUT2D eigenvalue weighted by atomic mass is 9.96. The van der Waals surface area contributed by atoms with Crippen molar-refractivity contribution in [1.82, 2.24) is 0 Å². The SMILES string of the molecule is c1ccc(-c2ccc3c(c2)oc2cc(-c4ccccc4)cc(N(c4cccc5sc6ccccc6c45)c4ccc(-c5ccccc5)c5sc6cc(-c7ccccc7)ccc6c45)c23)cc1.